The maximum atomic E-state index is 13.5. The van der Waals surface area contributed by atoms with Crippen LogP contribution in [0.1, 0.15) is 15.9 Å². The van der Waals surface area contributed by atoms with Crippen molar-refractivity contribution in [3.8, 4) is 16.8 Å². The van der Waals surface area contributed by atoms with Gasteiger partial charge >= 0.3 is 6.18 Å². The Morgan fingerprint density at radius 1 is 1.04 bits per heavy atom. The van der Waals surface area contributed by atoms with Gasteiger partial charge in [-0.2, -0.15) is 18.3 Å². The fraction of sp³-hybridized carbons (Fsp3) is 0.0588. The van der Waals surface area contributed by atoms with E-state index >= 15 is 0 Å². The minimum absolute atomic E-state index is 0.0333. The molecule has 4 nitrogen and oxygen atoms in total. The summed E-state index contributed by atoms with van der Waals surface area (Å²) < 4.78 is 41.4. The Kier molecular flexibility index (Phi) is 3.84. The van der Waals surface area contributed by atoms with E-state index in [1.54, 1.807) is 36.4 Å². The van der Waals surface area contributed by atoms with Crippen LogP contribution in [0.5, 0.6) is 0 Å². The highest BCUT2D eigenvalue weighted by Gasteiger charge is 2.35. The van der Waals surface area contributed by atoms with Gasteiger partial charge < -0.3 is 5.73 Å². The summed E-state index contributed by atoms with van der Waals surface area (Å²) >= 11 is 0. The van der Waals surface area contributed by atoms with Crippen molar-refractivity contribution >= 4 is 5.91 Å². The van der Waals surface area contributed by atoms with E-state index in [0.717, 1.165) is 16.9 Å². The van der Waals surface area contributed by atoms with Gasteiger partial charge in [0.25, 0.3) is 5.91 Å². The van der Waals surface area contributed by atoms with Crippen molar-refractivity contribution in [2.45, 2.75) is 6.18 Å². The average molecular weight is 331 g/mol. The Morgan fingerprint density at radius 2 is 1.75 bits per heavy atom. The molecular weight excluding hydrogens is 319 g/mol. The number of benzene rings is 2. The van der Waals surface area contributed by atoms with E-state index in [1.165, 1.54) is 12.3 Å². The Bertz CT molecular complexity index is 886. The molecule has 3 rings (SSSR count). The zero-order valence-corrected chi connectivity index (χ0v) is 12.3. The third-order valence-corrected chi connectivity index (χ3v) is 3.52. The molecule has 0 aliphatic heterocycles. The van der Waals surface area contributed by atoms with Crippen LogP contribution in [0.15, 0.2) is 60.9 Å². The Labute approximate surface area is 135 Å². The van der Waals surface area contributed by atoms with E-state index in [-0.39, 0.29) is 11.3 Å². The molecule has 1 amide bonds. The first-order chi connectivity index (χ1) is 11.4. The molecule has 0 aliphatic carbocycles. The predicted octanol–water partition coefficient (Wildman–Crippen LogP) is 3.66. The van der Waals surface area contributed by atoms with E-state index in [9.17, 15) is 18.0 Å². The second-order valence-corrected chi connectivity index (χ2v) is 5.10. The Balaban J connectivity index is 2.29. The number of primary amides is 1. The normalized spacial score (nSPS) is 11.5. The molecule has 2 N–H and O–H groups in total. The SMILES string of the molecule is NC(=O)c1cnn(-c2c(-c3ccccc3)cccc2C(F)(F)F)c1. The lowest BCUT2D eigenvalue weighted by atomic mass is 9.99. The van der Waals surface area contributed by atoms with E-state index < -0.39 is 17.6 Å². The predicted molar refractivity (Wildman–Crippen MR) is 82.5 cm³/mol. The van der Waals surface area contributed by atoms with Gasteiger partial charge in [0.05, 0.1) is 23.0 Å². The van der Waals surface area contributed by atoms with Crippen molar-refractivity contribution < 1.29 is 18.0 Å². The minimum Gasteiger partial charge on any atom is -0.366 e. The molecule has 3 aromatic rings. The van der Waals surface area contributed by atoms with Crippen LogP contribution in [0.4, 0.5) is 13.2 Å². The number of hydrogen-bond acceptors (Lipinski definition) is 2. The van der Waals surface area contributed by atoms with Crippen LogP contribution >= 0.6 is 0 Å². The molecule has 0 fully saturated rings. The van der Waals surface area contributed by atoms with Gasteiger partial charge in [-0.1, -0.05) is 42.5 Å². The highest BCUT2D eigenvalue weighted by Crippen LogP contribution is 2.38. The number of carbonyl (C=O) groups excluding carboxylic acids is 1. The summed E-state index contributed by atoms with van der Waals surface area (Å²) in [5.41, 5.74) is 5.16. The fourth-order valence-corrected chi connectivity index (χ4v) is 2.44. The molecule has 7 heteroatoms. The van der Waals surface area contributed by atoms with Crippen molar-refractivity contribution in [1.29, 1.82) is 0 Å². The second-order valence-electron chi connectivity index (χ2n) is 5.10. The van der Waals surface area contributed by atoms with Gasteiger partial charge in [0, 0.05) is 11.8 Å². The zero-order chi connectivity index (χ0) is 17.3. The molecule has 122 valence electrons. The van der Waals surface area contributed by atoms with Gasteiger partial charge in [-0.15, -0.1) is 0 Å². The summed E-state index contributed by atoms with van der Waals surface area (Å²) in [4.78, 5) is 11.2. The topological polar surface area (TPSA) is 60.9 Å². The maximum absolute atomic E-state index is 13.5. The number of hydrogen-bond donors (Lipinski definition) is 1. The van der Waals surface area contributed by atoms with Crippen LogP contribution in [0, 0.1) is 0 Å². The molecule has 0 saturated heterocycles. The summed E-state index contributed by atoms with van der Waals surface area (Å²) in [6, 6.07) is 12.5. The zero-order valence-electron chi connectivity index (χ0n) is 12.3. The van der Waals surface area contributed by atoms with Crippen LogP contribution in [0.3, 0.4) is 0 Å². The number of halogens is 3. The van der Waals surface area contributed by atoms with Crippen molar-refractivity contribution in [2.75, 3.05) is 0 Å². The standard InChI is InChI=1S/C17H12F3N3O/c18-17(19,20)14-8-4-7-13(11-5-2-1-3-6-11)15(14)23-10-12(9-22-23)16(21)24/h1-10H,(H2,21,24). The van der Waals surface area contributed by atoms with Crippen LogP contribution in [0.2, 0.25) is 0 Å². The van der Waals surface area contributed by atoms with Crippen LogP contribution in [-0.2, 0) is 6.18 Å². The number of rotatable bonds is 3. The summed E-state index contributed by atoms with van der Waals surface area (Å²) in [6.07, 6.45) is -2.23. The third-order valence-electron chi connectivity index (χ3n) is 3.52. The molecule has 0 spiro atoms. The molecule has 0 unspecified atom stereocenters. The van der Waals surface area contributed by atoms with Crippen molar-refractivity contribution in [2.24, 2.45) is 5.73 Å². The molecule has 24 heavy (non-hydrogen) atoms. The van der Waals surface area contributed by atoms with E-state index in [2.05, 4.69) is 5.10 Å². The fourth-order valence-electron chi connectivity index (χ4n) is 2.44. The second kappa shape index (κ2) is 5.84. The lowest BCUT2D eigenvalue weighted by Crippen LogP contribution is -2.13. The van der Waals surface area contributed by atoms with Gasteiger partial charge in [-0.25, -0.2) is 4.68 Å². The molecule has 1 aromatic heterocycles. The quantitative estimate of drug-likeness (QED) is 0.796. The monoisotopic (exact) mass is 331 g/mol. The van der Waals surface area contributed by atoms with Gasteiger partial charge in [-0.05, 0) is 11.6 Å². The smallest absolute Gasteiger partial charge is 0.366 e. The van der Waals surface area contributed by atoms with E-state index in [4.69, 9.17) is 5.73 Å². The number of amides is 1. The van der Waals surface area contributed by atoms with Gasteiger partial charge in [0.2, 0.25) is 0 Å². The first-order valence-electron chi connectivity index (χ1n) is 6.98. The summed E-state index contributed by atoms with van der Waals surface area (Å²) in [5.74, 6) is -0.757. The minimum atomic E-state index is -4.57. The van der Waals surface area contributed by atoms with Crippen LogP contribution < -0.4 is 5.73 Å². The molecule has 0 aliphatic rings. The molecule has 0 radical (unpaired) electrons. The van der Waals surface area contributed by atoms with Crippen molar-refractivity contribution in [3.63, 3.8) is 0 Å². The largest absolute Gasteiger partial charge is 0.418 e. The summed E-state index contributed by atoms with van der Waals surface area (Å²) in [7, 11) is 0. The van der Waals surface area contributed by atoms with E-state index in [1.807, 2.05) is 0 Å². The van der Waals surface area contributed by atoms with E-state index in [0.29, 0.717) is 11.1 Å². The highest BCUT2D eigenvalue weighted by molar-refractivity contribution is 5.92. The number of nitrogens with zero attached hydrogens (tertiary/aromatic N) is 2. The molecular formula is C17H12F3N3O. The van der Waals surface area contributed by atoms with Crippen molar-refractivity contribution in [3.05, 3.63) is 72.1 Å². The van der Waals surface area contributed by atoms with Gasteiger partial charge in [-0.3, -0.25) is 4.79 Å². The first kappa shape index (κ1) is 15.8. The third kappa shape index (κ3) is 2.88. The number of alkyl halides is 3. The number of nitrogens with two attached hydrogens (primary N) is 1. The average Bonchev–Trinajstić information content (AvgIpc) is 3.04. The van der Waals surface area contributed by atoms with Gasteiger partial charge in [0.15, 0.2) is 0 Å². The Morgan fingerprint density at radius 3 is 2.33 bits per heavy atom. The van der Waals surface area contributed by atoms with Gasteiger partial charge in [0.1, 0.15) is 0 Å². The first-order valence-corrected chi connectivity index (χ1v) is 6.98. The molecule has 1 heterocycles. The van der Waals surface area contributed by atoms with Crippen LogP contribution in [-0.4, -0.2) is 15.7 Å². The molecule has 0 atom stereocenters. The number of para-hydroxylation sites is 1. The summed E-state index contributed by atoms with van der Waals surface area (Å²) in [6.45, 7) is 0. The van der Waals surface area contributed by atoms with Crippen molar-refractivity contribution in [1.82, 2.24) is 9.78 Å². The number of carbonyl (C=O) groups is 1. The molecule has 0 bridgehead atoms. The summed E-state index contributed by atoms with van der Waals surface area (Å²) in [5, 5.41) is 3.88. The lowest BCUT2D eigenvalue weighted by molar-refractivity contribution is -0.137. The lowest BCUT2D eigenvalue weighted by Gasteiger charge is -2.17. The highest BCUT2D eigenvalue weighted by atomic mass is 19.4. The Hall–Kier alpha value is -3.09. The van der Waals surface area contributed by atoms with Crippen LogP contribution in [0.25, 0.3) is 16.8 Å². The number of aromatic nitrogens is 2. The maximum Gasteiger partial charge on any atom is 0.418 e. The molecule has 2 aromatic carbocycles. The molecule has 0 saturated carbocycles.